The molecule has 0 radical (unpaired) electrons. The molecule has 5 nitrogen and oxygen atoms in total. The van der Waals surface area contributed by atoms with Crippen LogP contribution in [0, 0.1) is 18.8 Å². The number of carbonyl (C=O) groups excluding carboxylic acids is 1. The molecule has 2 unspecified atom stereocenters. The van der Waals surface area contributed by atoms with E-state index in [1.165, 1.54) is 0 Å². The van der Waals surface area contributed by atoms with E-state index in [1.54, 1.807) is 11.8 Å². The number of nitrogens with zero attached hydrogens (tertiary/aromatic N) is 2. The second kappa shape index (κ2) is 4.93. The van der Waals surface area contributed by atoms with Gasteiger partial charge in [-0.3, -0.25) is 0 Å². The third kappa shape index (κ3) is 2.57. The molecule has 22 heavy (non-hydrogen) atoms. The van der Waals surface area contributed by atoms with Gasteiger partial charge in [0.2, 0.25) is 5.76 Å². The minimum atomic E-state index is -2.64. The molecule has 0 spiro atoms. The van der Waals surface area contributed by atoms with E-state index in [2.05, 4.69) is 5.16 Å². The Labute approximate surface area is 127 Å². The minimum absolute atomic E-state index is 0.120. The molecule has 2 heterocycles. The van der Waals surface area contributed by atoms with E-state index in [1.807, 2.05) is 20.8 Å². The molecule has 3 rings (SSSR count). The summed E-state index contributed by atoms with van der Waals surface area (Å²) in [7, 11) is 0. The summed E-state index contributed by atoms with van der Waals surface area (Å²) < 4.78 is 35.6. The number of fused-ring (bicyclic) bond motifs is 1. The standard InChI is InChI=1S/C15H20F2N2O3/c1-7-11(18-22-12(7)13(16)17)10-8-5-19(6-9(8)10)14(20)21-15(2,3)4/h8-10,13H,5-6H2,1-4H3. The Balaban J connectivity index is 1.63. The van der Waals surface area contributed by atoms with E-state index < -0.39 is 12.0 Å². The van der Waals surface area contributed by atoms with E-state index in [0.29, 0.717) is 24.3 Å². The van der Waals surface area contributed by atoms with Crippen LogP contribution in [-0.2, 0) is 4.74 Å². The van der Waals surface area contributed by atoms with Gasteiger partial charge in [-0.05, 0) is 39.5 Å². The van der Waals surface area contributed by atoms with Crippen molar-refractivity contribution in [3.63, 3.8) is 0 Å². The van der Waals surface area contributed by atoms with Gasteiger partial charge in [0.1, 0.15) is 5.60 Å². The number of halogens is 2. The topological polar surface area (TPSA) is 55.6 Å². The third-order valence-electron chi connectivity index (χ3n) is 4.36. The lowest BCUT2D eigenvalue weighted by molar-refractivity contribution is 0.0270. The molecule has 1 amide bonds. The summed E-state index contributed by atoms with van der Waals surface area (Å²) in [4.78, 5) is 13.7. The van der Waals surface area contributed by atoms with Crippen LogP contribution >= 0.6 is 0 Å². The lowest BCUT2D eigenvalue weighted by Gasteiger charge is -2.25. The number of hydrogen-bond acceptors (Lipinski definition) is 4. The summed E-state index contributed by atoms with van der Waals surface area (Å²) in [5.74, 6) is 0.308. The zero-order valence-corrected chi connectivity index (χ0v) is 13.1. The van der Waals surface area contributed by atoms with Gasteiger partial charge in [0, 0.05) is 24.6 Å². The first-order valence-electron chi connectivity index (χ1n) is 7.41. The van der Waals surface area contributed by atoms with Crippen LogP contribution in [0.4, 0.5) is 13.6 Å². The third-order valence-corrected chi connectivity index (χ3v) is 4.36. The number of aromatic nitrogens is 1. The van der Waals surface area contributed by atoms with Crippen molar-refractivity contribution >= 4 is 6.09 Å². The van der Waals surface area contributed by atoms with Gasteiger partial charge in [-0.25, -0.2) is 13.6 Å². The van der Waals surface area contributed by atoms with Gasteiger partial charge in [0.25, 0.3) is 6.43 Å². The highest BCUT2D eigenvalue weighted by molar-refractivity contribution is 5.69. The Morgan fingerprint density at radius 1 is 1.36 bits per heavy atom. The molecule has 0 bridgehead atoms. The smallest absolute Gasteiger partial charge is 0.410 e. The fourth-order valence-electron chi connectivity index (χ4n) is 3.28. The van der Waals surface area contributed by atoms with Gasteiger partial charge in [-0.15, -0.1) is 0 Å². The van der Waals surface area contributed by atoms with E-state index in [-0.39, 0.29) is 29.6 Å². The normalized spacial score (nSPS) is 27.2. The van der Waals surface area contributed by atoms with Crippen LogP contribution in [0.25, 0.3) is 0 Å². The second-order valence-electron chi connectivity index (χ2n) is 7.10. The Kier molecular flexibility index (Phi) is 3.41. The maximum Gasteiger partial charge on any atom is 0.410 e. The summed E-state index contributed by atoms with van der Waals surface area (Å²) in [5, 5.41) is 3.82. The molecule has 0 N–H and O–H groups in total. The Morgan fingerprint density at radius 2 is 1.95 bits per heavy atom. The molecule has 1 aliphatic heterocycles. The second-order valence-corrected chi connectivity index (χ2v) is 7.10. The molecular formula is C15H20F2N2O3. The van der Waals surface area contributed by atoms with Gasteiger partial charge < -0.3 is 14.2 Å². The first-order valence-corrected chi connectivity index (χ1v) is 7.41. The van der Waals surface area contributed by atoms with Crippen LogP contribution in [0.2, 0.25) is 0 Å². The Bertz CT molecular complexity index is 582. The van der Waals surface area contributed by atoms with Crippen molar-refractivity contribution in [1.82, 2.24) is 10.1 Å². The molecule has 1 saturated carbocycles. The maximum absolute atomic E-state index is 12.7. The molecule has 2 aliphatic rings. The van der Waals surface area contributed by atoms with Crippen molar-refractivity contribution in [2.45, 2.75) is 45.6 Å². The van der Waals surface area contributed by atoms with Crippen molar-refractivity contribution in [2.24, 2.45) is 11.8 Å². The number of ether oxygens (including phenoxy) is 1. The molecule has 0 aromatic carbocycles. The highest BCUT2D eigenvalue weighted by Crippen LogP contribution is 2.59. The van der Waals surface area contributed by atoms with Crippen molar-refractivity contribution in [1.29, 1.82) is 0 Å². The molecule has 1 aromatic rings. The van der Waals surface area contributed by atoms with Gasteiger partial charge in [0.15, 0.2) is 0 Å². The van der Waals surface area contributed by atoms with E-state index >= 15 is 0 Å². The fourth-order valence-corrected chi connectivity index (χ4v) is 3.28. The average molecular weight is 314 g/mol. The van der Waals surface area contributed by atoms with E-state index in [0.717, 1.165) is 0 Å². The van der Waals surface area contributed by atoms with Gasteiger partial charge in [-0.2, -0.15) is 0 Å². The molecule has 1 aliphatic carbocycles. The zero-order chi connectivity index (χ0) is 16.2. The predicted octanol–water partition coefficient (Wildman–Crippen LogP) is 3.50. The summed E-state index contributed by atoms with van der Waals surface area (Å²) in [6.45, 7) is 8.27. The summed E-state index contributed by atoms with van der Waals surface area (Å²) in [6, 6.07) is 0. The lowest BCUT2D eigenvalue weighted by Crippen LogP contribution is -2.36. The van der Waals surface area contributed by atoms with Crippen LogP contribution in [0.3, 0.4) is 0 Å². The molecule has 2 atom stereocenters. The molecule has 1 saturated heterocycles. The van der Waals surface area contributed by atoms with Gasteiger partial charge >= 0.3 is 6.09 Å². The Hall–Kier alpha value is -1.66. The van der Waals surface area contributed by atoms with Crippen molar-refractivity contribution < 1.29 is 22.8 Å². The monoisotopic (exact) mass is 314 g/mol. The number of amides is 1. The lowest BCUT2D eigenvalue weighted by atomic mass is 10.1. The van der Waals surface area contributed by atoms with Crippen LogP contribution in [0.15, 0.2) is 4.52 Å². The highest BCUT2D eigenvalue weighted by Gasteiger charge is 2.59. The first kappa shape index (κ1) is 15.2. The summed E-state index contributed by atoms with van der Waals surface area (Å²) in [6.07, 6.45) is -2.96. The quantitative estimate of drug-likeness (QED) is 0.838. The number of piperidine rings is 1. The number of likely N-dealkylation sites (tertiary alicyclic amines) is 1. The summed E-state index contributed by atoms with van der Waals surface area (Å²) >= 11 is 0. The number of rotatable bonds is 2. The van der Waals surface area contributed by atoms with Gasteiger partial charge in [-0.1, -0.05) is 5.16 Å². The number of carbonyl (C=O) groups is 1. The maximum atomic E-state index is 12.7. The van der Waals surface area contributed by atoms with Crippen LogP contribution < -0.4 is 0 Å². The zero-order valence-electron chi connectivity index (χ0n) is 13.1. The molecule has 2 fully saturated rings. The number of alkyl halides is 2. The van der Waals surface area contributed by atoms with Crippen molar-refractivity contribution in [3.8, 4) is 0 Å². The van der Waals surface area contributed by atoms with Crippen molar-refractivity contribution in [3.05, 3.63) is 17.0 Å². The van der Waals surface area contributed by atoms with E-state index in [4.69, 9.17) is 9.26 Å². The van der Waals surface area contributed by atoms with Crippen LogP contribution in [0.5, 0.6) is 0 Å². The fraction of sp³-hybridized carbons (Fsp3) is 0.733. The van der Waals surface area contributed by atoms with Gasteiger partial charge in [0.05, 0.1) is 5.69 Å². The number of hydrogen-bond donors (Lipinski definition) is 0. The Morgan fingerprint density at radius 3 is 2.41 bits per heavy atom. The molecular weight excluding hydrogens is 294 g/mol. The largest absolute Gasteiger partial charge is 0.444 e. The predicted molar refractivity (Wildman–Crippen MR) is 73.7 cm³/mol. The molecule has 1 aromatic heterocycles. The molecule has 7 heteroatoms. The van der Waals surface area contributed by atoms with E-state index in [9.17, 15) is 13.6 Å². The SMILES string of the molecule is Cc1c(C2C3CN(C(=O)OC(C)(C)C)CC32)noc1C(F)F. The van der Waals surface area contributed by atoms with Crippen molar-refractivity contribution in [2.75, 3.05) is 13.1 Å². The molecule has 122 valence electrons. The summed E-state index contributed by atoms with van der Waals surface area (Å²) in [5.41, 5.74) is 0.547. The first-order chi connectivity index (χ1) is 10.2. The highest BCUT2D eigenvalue weighted by atomic mass is 19.3. The minimum Gasteiger partial charge on any atom is -0.444 e. The van der Waals surface area contributed by atoms with Crippen LogP contribution in [0.1, 0.15) is 50.1 Å². The van der Waals surface area contributed by atoms with Crippen LogP contribution in [-0.4, -0.2) is 34.8 Å². The average Bonchev–Trinajstić information content (AvgIpc) is 2.74.